The predicted octanol–water partition coefficient (Wildman–Crippen LogP) is 3.88. The van der Waals surface area contributed by atoms with Crippen LogP contribution < -0.4 is 9.47 Å². The van der Waals surface area contributed by atoms with Crippen molar-refractivity contribution in [2.75, 3.05) is 14.2 Å². The zero-order chi connectivity index (χ0) is 16.8. The van der Waals surface area contributed by atoms with Crippen molar-refractivity contribution in [1.82, 2.24) is 4.90 Å². The summed E-state index contributed by atoms with van der Waals surface area (Å²) in [5.41, 5.74) is 1.04. The molecule has 5 heteroatoms. The van der Waals surface area contributed by atoms with E-state index in [1.54, 1.807) is 26.0 Å². The number of amides is 1. The molecule has 0 saturated carbocycles. The minimum atomic E-state index is -0.542. The molecule has 2 aromatic carbocycles. The maximum absolute atomic E-state index is 12.4. The number of rotatable bonds is 6. The second kappa shape index (κ2) is 8.02. The van der Waals surface area contributed by atoms with Crippen LogP contribution in [0.2, 0.25) is 0 Å². The highest BCUT2D eigenvalue weighted by atomic mass is 79.9. The minimum Gasteiger partial charge on any atom is -0.497 e. The Morgan fingerprint density at radius 2 is 1.65 bits per heavy atom. The van der Waals surface area contributed by atoms with Gasteiger partial charge in [-0.05, 0) is 48.9 Å². The first kappa shape index (κ1) is 17.3. The SMILES string of the molecule is COc1ccc(CN(C)C(=O)C(C)Oc2ccc(Br)cc2)cc1. The van der Waals surface area contributed by atoms with Gasteiger partial charge in [-0.2, -0.15) is 0 Å². The van der Waals surface area contributed by atoms with Gasteiger partial charge in [0.05, 0.1) is 7.11 Å². The van der Waals surface area contributed by atoms with E-state index in [0.29, 0.717) is 12.3 Å². The van der Waals surface area contributed by atoms with E-state index in [4.69, 9.17) is 9.47 Å². The Bertz CT molecular complexity index is 640. The number of halogens is 1. The van der Waals surface area contributed by atoms with Crippen LogP contribution >= 0.6 is 15.9 Å². The van der Waals surface area contributed by atoms with E-state index in [1.807, 2.05) is 48.5 Å². The molecule has 0 aliphatic heterocycles. The molecular formula is C18H20BrNO3. The van der Waals surface area contributed by atoms with Crippen LogP contribution in [0.4, 0.5) is 0 Å². The van der Waals surface area contributed by atoms with Crippen molar-refractivity contribution in [3.8, 4) is 11.5 Å². The van der Waals surface area contributed by atoms with Gasteiger partial charge in [-0.1, -0.05) is 28.1 Å². The highest BCUT2D eigenvalue weighted by Gasteiger charge is 2.19. The fourth-order valence-electron chi connectivity index (χ4n) is 2.16. The Balaban J connectivity index is 1.93. The first-order valence-corrected chi connectivity index (χ1v) is 8.09. The lowest BCUT2D eigenvalue weighted by atomic mass is 10.2. The number of carbonyl (C=O) groups is 1. The molecule has 1 atom stereocenters. The van der Waals surface area contributed by atoms with Crippen molar-refractivity contribution < 1.29 is 14.3 Å². The van der Waals surface area contributed by atoms with Crippen LogP contribution in [0.3, 0.4) is 0 Å². The number of ether oxygens (including phenoxy) is 2. The molecule has 122 valence electrons. The normalized spacial score (nSPS) is 11.7. The van der Waals surface area contributed by atoms with Gasteiger partial charge in [-0.15, -0.1) is 0 Å². The molecule has 0 radical (unpaired) electrons. The van der Waals surface area contributed by atoms with Crippen molar-refractivity contribution in [1.29, 1.82) is 0 Å². The monoisotopic (exact) mass is 377 g/mol. The van der Waals surface area contributed by atoms with Gasteiger partial charge in [0.2, 0.25) is 0 Å². The Kier molecular flexibility index (Phi) is 6.04. The van der Waals surface area contributed by atoms with E-state index in [0.717, 1.165) is 15.8 Å². The Morgan fingerprint density at radius 1 is 1.09 bits per heavy atom. The van der Waals surface area contributed by atoms with Gasteiger partial charge in [0, 0.05) is 18.1 Å². The molecule has 4 nitrogen and oxygen atoms in total. The predicted molar refractivity (Wildman–Crippen MR) is 93.7 cm³/mol. The van der Waals surface area contributed by atoms with Crippen LogP contribution in [-0.2, 0) is 11.3 Å². The van der Waals surface area contributed by atoms with Crippen molar-refractivity contribution in [2.24, 2.45) is 0 Å². The second-order valence-electron chi connectivity index (χ2n) is 5.26. The molecule has 0 aliphatic rings. The van der Waals surface area contributed by atoms with E-state index in [9.17, 15) is 4.79 Å². The topological polar surface area (TPSA) is 38.8 Å². The molecule has 0 aliphatic carbocycles. The summed E-state index contributed by atoms with van der Waals surface area (Å²) in [7, 11) is 3.40. The van der Waals surface area contributed by atoms with E-state index in [2.05, 4.69) is 15.9 Å². The van der Waals surface area contributed by atoms with Crippen LogP contribution in [0, 0.1) is 0 Å². The highest BCUT2D eigenvalue weighted by molar-refractivity contribution is 9.10. The minimum absolute atomic E-state index is 0.0660. The van der Waals surface area contributed by atoms with Gasteiger partial charge in [-0.3, -0.25) is 4.79 Å². The molecule has 23 heavy (non-hydrogen) atoms. The maximum Gasteiger partial charge on any atom is 0.263 e. The Labute approximate surface area is 145 Å². The van der Waals surface area contributed by atoms with Crippen molar-refractivity contribution in [3.63, 3.8) is 0 Å². The van der Waals surface area contributed by atoms with Crippen LogP contribution in [0.5, 0.6) is 11.5 Å². The van der Waals surface area contributed by atoms with Crippen molar-refractivity contribution in [2.45, 2.75) is 19.6 Å². The summed E-state index contributed by atoms with van der Waals surface area (Å²) in [4.78, 5) is 14.1. The lowest BCUT2D eigenvalue weighted by Gasteiger charge is -2.22. The molecule has 0 fully saturated rings. The Morgan fingerprint density at radius 3 is 2.22 bits per heavy atom. The summed E-state index contributed by atoms with van der Waals surface area (Å²) >= 11 is 3.37. The van der Waals surface area contributed by atoms with E-state index in [-0.39, 0.29) is 5.91 Å². The largest absolute Gasteiger partial charge is 0.497 e. The first-order valence-electron chi connectivity index (χ1n) is 7.29. The van der Waals surface area contributed by atoms with Crippen molar-refractivity contribution in [3.05, 3.63) is 58.6 Å². The van der Waals surface area contributed by atoms with Crippen LogP contribution in [0.1, 0.15) is 12.5 Å². The lowest BCUT2D eigenvalue weighted by Crippen LogP contribution is -2.37. The van der Waals surface area contributed by atoms with Gasteiger partial charge in [0.1, 0.15) is 11.5 Å². The smallest absolute Gasteiger partial charge is 0.263 e. The highest BCUT2D eigenvalue weighted by Crippen LogP contribution is 2.18. The standard InChI is InChI=1S/C18H20BrNO3/c1-13(23-17-10-6-15(19)7-11-17)18(21)20(2)12-14-4-8-16(22-3)9-5-14/h4-11,13H,12H2,1-3H3. The fraction of sp³-hybridized carbons (Fsp3) is 0.278. The number of benzene rings is 2. The van der Waals surface area contributed by atoms with Gasteiger partial charge < -0.3 is 14.4 Å². The van der Waals surface area contributed by atoms with E-state index >= 15 is 0 Å². The number of carbonyl (C=O) groups excluding carboxylic acids is 1. The van der Waals surface area contributed by atoms with Gasteiger partial charge in [0.25, 0.3) is 5.91 Å². The van der Waals surface area contributed by atoms with Gasteiger partial charge in [-0.25, -0.2) is 0 Å². The number of hydrogen-bond donors (Lipinski definition) is 0. The summed E-state index contributed by atoms with van der Waals surface area (Å²) < 4.78 is 11.8. The summed E-state index contributed by atoms with van der Waals surface area (Å²) in [5.74, 6) is 1.41. The molecule has 0 saturated heterocycles. The lowest BCUT2D eigenvalue weighted by molar-refractivity contribution is -0.137. The zero-order valence-electron chi connectivity index (χ0n) is 13.5. The summed E-state index contributed by atoms with van der Waals surface area (Å²) in [6.07, 6.45) is -0.542. The van der Waals surface area contributed by atoms with Gasteiger partial charge in [0.15, 0.2) is 6.10 Å². The number of nitrogens with zero attached hydrogens (tertiary/aromatic N) is 1. The molecule has 1 unspecified atom stereocenters. The molecule has 2 rings (SSSR count). The zero-order valence-corrected chi connectivity index (χ0v) is 15.0. The molecule has 1 amide bonds. The summed E-state index contributed by atoms with van der Waals surface area (Å²) in [6.45, 7) is 2.28. The third-order valence-electron chi connectivity index (χ3n) is 3.43. The maximum atomic E-state index is 12.4. The number of likely N-dealkylation sites (N-methyl/N-ethyl adjacent to an activating group) is 1. The Hall–Kier alpha value is -2.01. The molecule has 2 aromatic rings. The van der Waals surface area contributed by atoms with Crippen molar-refractivity contribution >= 4 is 21.8 Å². The molecule has 0 bridgehead atoms. The van der Waals surface area contributed by atoms with Crippen LogP contribution in [0.15, 0.2) is 53.0 Å². The van der Waals surface area contributed by atoms with E-state index in [1.165, 1.54) is 0 Å². The third-order valence-corrected chi connectivity index (χ3v) is 3.96. The van der Waals surface area contributed by atoms with E-state index < -0.39 is 6.10 Å². The average molecular weight is 378 g/mol. The summed E-state index contributed by atoms with van der Waals surface area (Å²) in [5, 5.41) is 0. The average Bonchev–Trinajstić information content (AvgIpc) is 2.56. The molecular weight excluding hydrogens is 358 g/mol. The summed E-state index contributed by atoms with van der Waals surface area (Å²) in [6, 6.07) is 15.1. The molecule has 0 aromatic heterocycles. The molecule has 0 N–H and O–H groups in total. The fourth-order valence-corrected chi connectivity index (χ4v) is 2.43. The third kappa shape index (κ3) is 4.99. The quantitative estimate of drug-likeness (QED) is 0.766. The second-order valence-corrected chi connectivity index (χ2v) is 6.17. The number of hydrogen-bond acceptors (Lipinski definition) is 3. The number of methoxy groups -OCH3 is 1. The van der Waals surface area contributed by atoms with Gasteiger partial charge >= 0.3 is 0 Å². The van der Waals surface area contributed by atoms with Crippen LogP contribution in [-0.4, -0.2) is 31.1 Å². The van der Waals surface area contributed by atoms with Crippen LogP contribution in [0.25, 0.3) is 0 Å². The first-order chi connectivity index (χ1) is 11.0. The molecule has 0 spiro atoms. The molecule has 0 heterocycles.